The van der Waals surface area contributed by atoms with Gasteiger partial charge in [-0.15, -0.1) is 0 Å². The van der Waals surface area contributed by atoms with Crippen molar-refractivity contribution in [3.05, 3.63) is 20.3 Å². The second-order valence-corrected chi connectivity index (χ2v) is 9.84. The zero-order chi connectivity index (χ0) is 22.4. The summed E-state index contributed by atoms with van der Waals surface area (Å²) >= 11 is 1.87. The lowest BCUT2D eigenvalue weighted by atomic mass is 10.0. The van der Waals surface area contributed by atoms with Gasteiger partial charge >= 0.3 is 13.3 Å². The molecule has 6 N–H and O–H groups in total. The van der Waals surface area contributed by atoms with Crippen LogP contribution in [0.2, 0.25) is 0 Å². The summed E-state index contributed by atoms with van der Waals surface area (Å²) in [6.07, 6.45) is -0.810. The molecule has 1 aromatic heterocycles. The zero-order valence-corrected chi connectivity index (χ0v) is 19.6. The highest BCUT2D eigenvalue weighted by Crippen LogP contribution is 2.52. The summed E-state index contributed by atoms with van der Waals surface area (Å²) in [5, 5.41) is 29.1. The summed E-state index contributed by atoms with van der Waals surface area (Å²) < 4.78 is 24.6. The van der Waals surface area contributed by atoms with Gasteiger partial charge in [0.1, 0.15) is 11.9 Å². The number of aromatic nitrogens is 2. The van der Waals surface area contributed by atoms with Crippen molar-refractivity contribution >= 4 is 36.0 Å². The minimum absolute atomic E-state index is 0.0317. The van der Waals surface area contributed by atoms with Crippen LogP contribution in [-0.4, -0.2) is 60.5 Å². The number of nitrogens with two attached hydrogens (primary N) is 1. The van der Waals surface area contributed by atoms with E-state index >= 15 is 0 Å². The molecule has 0 radical (unpaired) electrons. The number of ether oxygens (including phenoxy) is 1. The Morgan fingerprint density at radius 1 is 1.41 bits per heavy atom. The van der Waals surface area contributed by atoms with Crippen LogP contribution in [0, 0.1) is 3.57 Å². The number of halogens is 1. The van der Waals surface area contributed by atoms with E-state index in [0.717, 1.165) is 4.57 Å². The van der Waals surface area contributed by atoms with Crippen molar-refractivity contribution in [2.75, 3.05) is 18.9 Å². The molecular formula is C16H29IN3O8P. The highest BCUT2D eigenvalue weighted by atomic mass is 127. The average molecular weight is 549 g/mol. The molecule has 0 aliphatic rings. The predicted molar refractivity (Wildman–Crippen MR) is 114 cm³/mol. The molecule has 5 atom stereocenters. The first kappa shape index (κ1) is 26.4. The lowest BCUT2D eigenvalue weighted by Crippen LogP contribution is -2.39. The van der Waals surface area contributed by atoms with E-state index in [-0.39, 0.29) is 25.3 Å². The minimum atomic E-state index is -4.26. The van der Waals surface area contributed by atoms with Gasteiger partial charge < -0.3 is 35.2 Å². The van der Waals surface area contributed by atoms with E-state index in [9.17, 15) is 29.6 Å². The fourth-order valence-corrected chi connectivity index (χ4v) is 4.25. The van der Waals surface area contributed by atoms with Crippen LogP contribution in [0.1, 0.15) is 46.3 Å². The molecule has 1 aromatic rings. The van der Waals surface area contributed by atoms with E-state index < -0.39 is 43.7 Å². The summed E-state index contributed by atoms with van der Waals surface area (Å²) in [4.78, 5) is 25.7. The number of nitrogen functional groups attached to an aromatic ring is 1. The van der Waals surface area contributed by atoms with Crippen LogP contribution in [0.25, 0.3) is 0 Å². The van der Waals surface area contributed by atoms with Crippen LogP contribution >= 0.6 is 30.2 Å². The Morgan fingerprint density at radius 2 is 2.03 bits per heavy atom. The fraction of sp³-hybridized carbons (Fsp3) is 0.750. The largest absolute Gasteiger partial charge is 0.394 e. The third-order valence-corrected chi connectivity index (χ3v) is 7.14. The maximum atomic E-state index is 12.2. The van der Waals surface area contributed by atoms with E-state index in [1.807, 2.05) is 22.6 Å². The molecule has 0 saturated carbocycles. The quantitative estimate of drug-likeness (QED) is 0.185. The number of hydrogen-bond acceptors (Lipinski definition) is 9. The number of aliphatic hydroxyl groups excluding tert-OH is 3. The van der Waals surface area contributed by atoms with Crippen LogP contribution < -0.4 is 11.4 Å². The third-order valence-electron chi connectivity index (χ3n) is 4.48. The van der Waals surface area contributed by atoms with Crippen molar-refractivity contribution < 1.29 is 34.0 Å². The van der Waals surface area contributed by atoms with Gasteiger partial charge in [-0.05, 0) is 42.4 Å². The number of aliphatic hydroxyl groups is 3. The van der Waals surface area contributed by atoms with E-state index in [4.69, 9.17) is 15.0 Å². The Morgan fingerprint density at radius 3 is 2.55 bits per heavy atom. The summed E-state index contributed by atoms with van der Waals surface area (Å²) in [5.41, 5.74) is 3.73. The first-order valence-electron chi connectivity index (χ1n) is 9.06. The van der Waals surface area contributed by atoms with Crippen LogP contribution in [0.5, 0.6) is 0 Å². The van der Waals surface area contributed by atoms with Gasteiger partial charge in [0.25, 0.3) is 0 Å². The molecule has 0 bridgehead atoms. The summed E-state index contributed by atoms with van der Waals surface area (Å²) in [6, 6.07) is 0. The summed E-state index contributed by atoms with van der Waals surface area (Å²) in [6.45, 7) is 4.15. The van der Waals surface area contributed by atoms with Crippen molar-refractivity contribution in [2.45, 2.75) is 63.8 Å². The van der Waals surface area contributed by atoms with Crippen molar-refractivity contribution in [3.8, 4) is 0 Å². The van der Waals surface area contributed by atoms with Gasteiger partial charge in [-0.25, -0.2) is 4.79 Å². The molecule has 0 fully saturated rings. The second kappa shape index (κ2) is 11.1. The van der Waals surface area contributed by atoms with Gasteiger partial charge in [-0.1, -0.05) is 13.8 Å². The number of nitrogens with zero attached hydrogens (tertiary/aromatic N) is 2. The van der Waals surface area contributed by atoms with E-state index in [1.54, 1.807) is 20.8 Å². The normalized spacial score (nSPS) is 19.2. The van der Waals surface area contributed by atoms with Gasteiger partial charge in [-0.3, -0.25) is 9.13 Å². The average Bonchev–Trinajstić information content (AvgIpc) is 2.66. The van der Waals surface area contributed by atoms with Crippen molar-refractivity contribution in [3.63, 3.8) is 0 Å². The maximum Gasteiger partial charge on any atom is 0.356 e. The molecule has 13 heteroatoms. The summed E-state index contributed by atoms with van der Waals surface area (Å²) in [7, 11) is -4.26. The molecule has 11 nitrogen and oxygen atoms in total. The van der Waals surface area contributed by atoms with Crippen LogP contribution in [0.3, 0.4) is 0 Å². The molecule has 29 heavy (non-hydrogen) atoms. The van der Waals surface area contributed by atoms with Gasteiger partial charge in [0.05, 0.1) is 22.4 Å². The Labute approximate surface area is 182 Å². The van der Waals surface area contributed by atoms with E-state index in [0.29, 0.717) is 9.99 Å². The molecule has 168 valence electrons. The molecule has 0 spiro atoms. The Bertz CT molecular complexity index is 779. The monoisotopic (exact) mass is 549 g/mol. The molecule has 0 aliphatic heterocycles. The molecule has 0 saturated heterocycles. The van der Waals surface area contributed by atoms with Crippen LogP contribution in [-0.2, 0) is 13.8 Å². The lowest BCUT2D eigenvalue weighted by Gasteiger charge is -2.33. The Hall–Kier alpha value is -0.600. The van der Waals surface area contributed by atoms with Gasteiger partial charge in [0.15, 0.2) is 12.1 Å². The molecule has 0 amide bonds. The molecule has 1 rings (SSSR count). The second-order valence-electron chi connectivity index (χ2n) is 6.77. The van der Waals surface area contributed by atoms with E-state index in [1.165, 1.54) is 6.20 Å². The number of hydrogen-bond donors (Lipinski definition) is 5. The minimum Gasteiger partial charge on any atom is -0.394 e. The Balaban J connectivity index is 2.96. The van der Waals surface area contributed by atoms with Crippen LogP contribution in [0.4, 0.5) is 5.82 Å². The molecule has 0 aromatic carbocycles. The molecule has 3 unspecified atom stereocenters. The smallest absolute Gasteiger partial charge is 0.356 e. The predicted octanol–water partition coefficient (Wildman–Crippen LogP) is 0.788. The standard InChI is InChI=1S/C16H29IN3O8P/c1-4-12(23)29(25,26)28-16(3,5-2)6-7-27-14(11(22)9-21)20-8-10(17)13(18)19-15(20)24/h8,11-12,14,21-23H,4-7,9H2,1-3H3,(H,25,26)(H2,18,19,24)/t11-,12?,14-,16?/m1/s1. The number of anilines is 1. The molecular weight excluding hydrogens is 520 g/mol. The molecule has 1 heterocycles. The van der Waals surface area contributed by atoms with Crippen molar-refractivity contribution in [2.24, 2.45) is 0 Å². The fourth-order valence-electron chi connectivity index (χ4n) is 2.40. The third kappa shape index (κ3) is 7.24. The topological polar surface area (TPSA) is 177 Å². The van der Waals surface area contributed by atoms with Crippen LogP contribution in [0.15, 0.2) is 11.0 Å². The maximum absolute atomic E-state index is 12.2. The highest BCUT2D eigenvalue weighted by molar-refractivity contribution is 14.1. The summed E-state index contributed by atoms with van der Waals surface area (Å²) in [5.74, 6) is -1.47. The van der Waals surface area contributed by atoms with Gasteiger partial charge in [-0.2, -0.15) is 4.98 Å². The van der Waals surface area contributed by atoms with Crippen molar-refractivity contribution in [1.29, 1.82) is 0 Å². The highest BCUT2D eigenvalue weighted by Gasteiger charge is 2.38. The lowest BCUT2D eigenvalue weighted by molar-refractivity contribution is -0.110. The van der Waals surface area contributed by atoms with E-state index in [2.05, 4.69) is 4.98 Å². The SMILES string of the molecule is CCC(O)P(=O)(O)OC(C)(CC)CCO[C@H]([C@H](O)CO)n1cc(I)c(N)nc1=O. The van der Waals surface area contributed by atoms with Gasteiger partial charge in [0.2, 0.25) is 0 Å². The first-order chi connectivity index (χ1) is 13.4. The molecule has 0 aliphatic carbocycles. The first-order valence-corrected chi connectivity index (χ1v) is 11.8. The number of rotatable bonds is 12. The van der Waals surface area contributed by atoms with Crippen molar-refractivity contribution in [1.82, 2.24) is 9.55 Å². The zero-order valence-electron chi connectivity index (χ0n) is 16.6. The Kier molecular flexibility index (Phi) is 10.2. The van der Waals surface area contributed by atoms with Gasteiger partial charge in [0, 0.05) is 12.6 Å².